The molecule has 1 heterocycles. The average Bonchev–Trinajstić information content (AvgIpc) is 2.47. The molecule has 5 nitrogen and oxygen atoms in total. The van der Waals surface area contributed by atoms with Crippen LogP contribution >= 0.6 is 0 Å². The van der Waals surface area contributed by atoms with Gasteiger partial charge in [-0.3, -0.25) is 4.98 Å². The SMILES string of the molecule is CCCOc1ccc(Nc2cncc(NCC)n2)cc1. The Hall–Kier alpha value is -2.30. The van der Waals surface area contributed by atoms with Crippen molar-refractivity contribution < 1.29 is 4.74 Å². The van der Waals surface area contributed by atoms with E-state index in [-0.39, 0.29) is 0 Å². The molecule has 1 aromatic heterocycles. The van der Waals surface area contributed by atoms with Gasteiger partial charge in [-0.05, 0) is 37.6 Å². The molecular formula is C15H20N4O. The molecular weight excluding hydrogens is 252 g/mol. The lowest BCUT2D eigenvalue weighted by molar-refractivity contribution is 0.317. The van der Waals surface area contributed by atoms with Crippen LogP contribution in [-0.4, -0.2) is 23.1 Å². The summed E-state index contributed by atoms with van der Waals surface area (Å²) in [6, 6.07) is 7.82. The lowest BCUT2D eigenvalue weighted by Crippen LogP contribution is -2.02. The van der Waals surface area contributed by atoms with Gasteiger partial charge in [0.1, 0.15) is 11.6 Å². The van der Waals surface area contributed by atoms with Crippen LogP contribution in [0.25, 0.3) is 0 Å². The molecule has 0 fully saturated rings. The van der Waals surface area contributed by atoms with Crippen molar-refractivity contribution in [2.24, 2.45) is 0 Å². The van der Waals surface area contributed by atoms with E-state index in [0.29, 0.717) is 5.82 Å². The third kappa shape index (κ3) is 4.12. The van der Waals surface area contributed by atoms with Crippen LogP contribution in [0.15, 0.2) is 36.7 Å². The van der Waals surface area contributed by atoms with Crippen molar-refractivity contribution in [1.29, 1.82) is 0 Å². The van der Waals surface area contributed by atoms with Crippen LogP contribution in [0.3, 0.4) is 0 Å². The van der Waals surface area contributed by atoms with Gasteiger partial charge in [0.2, 0.25) is 0 Å². The molecule has 0 aliphatic rings. The molecule has 2 aromatic rings. The first-order chi connectivity index (χ1) is 9.81. The van der Waals surface area contributed by atoms with E-state index in [0.717, 1.165) is 36.8 Å². The Morgan fingerprint density at radius 3 is 2.50 bits per heavy atom. The fourth-order valence-electron chi connectivity index (χ4n) is 1.69. The number of benzene rings is 1. The van der Waals surface area contributed by atoms with Gasteiger partial charge in [-0.15, -0.1) is 0 Å². The summed E-state index contributed by atoms with van der Waals surface area (Å²) < 4.78 is 5.55. The van der Waals surface area contributed by atoms with E-state index in [9.17, 15) is 0 Å². The van der Waals surface area contributed by atoms with E-state index < -0.39 is 0 Å². The first-order valence-corrected chi connectivity index (χ1v) is 6.87. The standard InChI is InChI=1S/C15H20N4O/c1-3-9-20-13-7-5-12(6-8-13)18-15-11-16-10-14(19-15)17-4-2/h5-8,10-11H,3-4,9H2,1-2H3,(H2,17,18,19). The molecule has 1 aromatic carbocycles. The Morgan fingerprint density at radius 2 is 1.80 bits per heavy atom. The molecule has 0 aliphatic carbocycles. The van der Waals surface area contributed by atoms with Gasteiger partial charge in [0.15, 0.2) is 5.82 Å². The largest absolute Gasteiger partial charge is 0.494 e. The van der Waals surface area contributed by atoms with Gasteiger partial charge in [0, 0.05) is 12.2 Å². The predicted octanol–water partition coefficient (Wildman–Crippen LogP) is 3.44. The lowest BCUT2D eigenvalue weighted by atomic mass is 10.3. The molecule has 0 spiro atoms. The molecule has 0 saturated carbocycles. The molecule has 0 amide bonds. The summed E-state index contributed by atoms with van der Waals surface area (Å²) in [6.07, 6.45) is 4.41. The summed E-state index contributed by atoms with van der Waals surface area (Å²) >= 11 is 0. The molecule has 0 bridgehead atoms. The van der Waals surface area contributed by atoms with Gasteiger partial charge >= 0.3 is 0 Å². The van der Waals surface area contributed by atoms with Crippen molar-refractivity contribution in [2.75, 3.05) is 23.8 Å². The van der Waals surface area contributed by atoms with Crippen LogP contribution in [0, 0.1) is 0 Å². The highest BCUT2D eigenvalue weighted by Gasteiger charge is 1.99. The first-order valence-electron chi connectivity index (χ1n) is 6.87. The third-order valence-electron chi connectivity index (χ3n) is 2.59. The minimum Gasteiger partial charge on any atom is -0.494 e. The highest BCUT2D eigenvalue weighted by atomic mass is 16.5. The number of rotatable bonds is 7. The van der Waals surface area contributed by atoms with E-state index in [1.165, 1.54) is 0 Å². The molecule has 2 rings (SSSR count). The topological polar surface area (TPSA) is 59.1 Å². The summed E-state index contributed by atoms with van der Waals surface area (Å²) in [4.78, 5) is 8.56. The maximum atomic E-state index is 5.55. The van der Waals surface area contributed by atoms with Gasteiger partial charge in [-0.25, -0.2) is 4.98 Å². The second-order valence-electron chi connectivity index (χ2n) is 4.32. The minimum absolute atomic E-state index is 0.714. The predicted molar refractivity (Wildman–Crippen MR) is 81.7 cm³/mol. The number of anilines is 3. The summed E-state index contributed by atoms with van der Waals surface area (Å²) in [5.74, 6) is 2.36. The van der Waals surface area contributed by atoms with E-state index in [1.807, 2.05) is 31.2 Å². The Bertz CT molecular complexity index is 528. The number of aromatic nitrogens is 2. The van der Waals surface area contributed by atoms with Gasteiger partial charge in [0.25, 0.3) is 0 Å². The van der Waals surface area contributed by atoms with Gasteiger partial charge < -0.3 is 15.4 Å². The maximum Gasteiger partial charge on any atom is 0.151 e. The minimum atomic E-state index is 0.714. The second-order valence-corrected chi connectivity index (χ2v) is 4.32. The van der Waals surface area contributed by atoms with Crippen LogP contribution in [0.2, 0.25) is 0 Å². The summed E-state index contributed by atoms with van der Waals surface area (Å²) in [7, 11) is 0. The number of hydrogen-bond donors (Lipinski definition) is 2. The molecule has 106 valence electrons. The Kier molecular flexibility index (Phi) is 5.17. The van der Waals surface area contributed by atoms with Crippen molar-refractivity contribution >= 4 is 17.3 Å². The van der Waals surface area contributed by atoms with Crippen LogP contribution < -0.4 is 15.4 Å². The summed E-state index contributed by atoms with van der Waals surface area (Å²) in [5, 5.41) is 6.35. The monoisotopic (exact) mass is 272 g/mol. The normalized spacial score (nSPS) is 10.1. The van der Waals surface area contributed by atoms with E-state index in [4.69, 9.17) is 4.74 Å². The first kappa shape index (κ1) is 14.1. The highest BCUT2D eigenvalue weighted by molar-refractivity contribution is 5.57. The van der Waals surface area contributed by atoms with E-state index >= 15 is 0 Å². The van der Waals surface area contributed by atoms with Crippen molar-refractivity contribution in [3.05, 3.63) is 36.7 Å². The quantitative estimate of drug-likeness (QED) is 0.808. The second kappa shape index (κ2) is 7.33. The van der Waals surface area contributed by atoms with Gasteiger partial charge in [0.05, 0.1) is 19.0 Å². The molecule has 5 heteroatoms. The number of ether oxygens (including phenoxy) is 1. The number of hydrogen-bond acceptors (Lipinski definition) is 5. The van der Waals surface area contributed by atoms with Gasteiger partial charge in [-0.2, -0.15) is 0 Å². The molecule has 20 heavy (non-hydrogen) atoms. The zero-order chi connectivity index (χ0) is 14.2. The lowest BCUT2D eigenvalue weighted by Gasteiger charge is -2.09. The highest BCUT2D eigenvalue weighted by Crippen LogP contribution is 2.19. The van der Waals surface area contributed by atoms with Crippen molar-refractivity contribution in [3.8, 4) is 5.75 Å². The fraction of sp³-hybridized carbons (Fsp3) is 0.333. The van der Waals surface area contributed by atoms with Gasteiger partial charge in [-0.1, -0.05) is 6.92 Å². The molecule has 2 N–H and O–H groups in total. The van der Waals surface area contributed by atoms with Crippen molar-refractivity contribution in [1.82, 2.24) is 9.97 Å². The Labute approximate surface area is 119 Å². The van der Waals surface area contributed by atoms with Crippen LogP contribution in [-0.2, 0) is 0 Å². The van der Waals surface area contributed by atoms with Crippen LogP contribution in [0.4, 0.5) is 17.3 Å². The smallest absolute Gasteiger partial charge is 0.151 e. The zero-order valence-electron chi connectivity index (χ0n) is 11.9. The number of nitrogens with one attached hydrogen (secondary N) is 2. The molecule has 0 atom stereocenters. The third-order valence-corrected chi connectivity index (χ3v) is 2.59. The Balaban J connectivity index is 2.00. The maximum absolute atomic E-state index is 5.55. The van der Waals surface area contributed by atoms with E-state index in [2.05, 4.69) is 27.5 Å². The zero-order valence-corrected chi connectivity index (χ0v) is 11.9. The molecule has 0 radical (unpaired) electrons. The molecule has 0 saturated heterocycles. The average molecular weight is 272 g/mol. The fourth-order valence-corrected chi connectivity index (χ4v) is 1.69. The van der Waals surface area contributed by atoms with Crippen molar-refractivity contribution in [3.63, 3.8) is 0 Å². The molecule has 0 unspecified atom stereocenters. The molecule has 0 aliphatic heterocycles. The van der Waals surface area contributed by atoms with Crippen LogP contribution in [0.5, 0.6) is 5.75 Å². The number of nitrogens with zero attached hydrogens (tertiary/aromatic N) is 2. The Morgan fingerprint density at radius 1 is 1.05 bits per heavy atom. The summed E-state index contributed by atoms with van der Waals surface area (Å²) in [5.41, 5.74) is 0.955. The van der Waals surface area contributed by atoms with E-state index in [1.54, 1.807) is 12.4 Å². The van der Waals surface area contributed by atoms with Crippen LogP contribution in [0.1, 0.15) is 20.3 Å². The summed E-state index contributed by atoms with van der Waals surface area (Å²) in [6.45, 7) is 5.67. The van der Waals surface area contributed by atoms with Crippen molar-refractivity contribution in [2.45, 2.75) is 20.3 Å².